The van der Waals surface area contributed by atoms with Crippen molar-refractivity contribution in [3.05, 3.63) is 0 Å². The third kappa shape index (κ3) is 14.7. The molecule has 0 aliphatic heterocycles. The Bertz CT molecular complexity index is 107. The molecule has 0 aromatic carbocycles. The third-order valence-electron chi connectivity index (χ3n) is 2.48. The number of unbranched alkanes of at least 4 members (excludes halogenated alkanes) is 5. The molecular formula is C13H29NS2. The molecule has 0 amide bonds. The molecule has 0 bridgehead atoms. The molecule has 0 radical (unpaired) electrons. The lowest BCUT2D eigenvalue weighted by atomic mass is 10.2. The van der Waals surface area contributed by atoms with Crippen LogP contribution in [0.5, 0.6) is 0 Å². The van der Waals surface area contributed by atoms with Crippen LogP contribution in [0.1, 0.15) is 58.8 Å². The lowest BCUT2D eigenvalue weighted by Crippen LogP contribution is -2.17. The average Bonchev–Trinajstić information content (AvgIpc) is 2.31. The minimum absolute atomic E-state index is 1.17. The van der Waals surface area contributed by atoms with Gasteiger partial charge in [0.1, 0.15) is 0 Å². The van der Waals surface area contributed by atoms with Crippen molar-refractivity contribution < 1.29 is 0 Å². The first kappa shape index (κ1) is 16.7. The summed E-state index contributed by atoms with van der Waals surface area (Å²) in [5, 5.41) is 3.47. The molecule has 0 atom stereocenters. The second-order valence-corrected chi connectivity index (χ2v) is 6.86. The van der Waals surface area contributed by atoms with E-state index in [-0.39, 0.29) is 0 Å². The fourth-order valence-electron chi connectivity index (χ4n) is 1.42. The monoisotopic (exact) mass is 263 g/mol. The maximum atomic E-state index is 3.47. The zero-order chi connectivity index (χ0) is 11.9. The second-order valence-electron chi connectivity index (χ2n) is 4.16. The van der Waals surface area contributed by atoms with Gasteiger partial charge in [-0.2, -0.15) is 0 Å². The number of hydrogen-bond acceptors (Lipinski definition) is 3. The van der Waals surface area contributed by atoms with Gasteiger partial charge in [0.25, 0.3) is 0 Å². The smallest absolute Gasteiger partial charge is 0.0162 e. The van der Waals surface area contributed by atoms with Gasteiger partial charge in [0.15, 0.2) is 0 Å². The third-order valence-corrected chi connectivity index (χ3v) is 4.98. The quantitative estimate of drug-likeness (QED) is 0.381. The molecule has 0 saturated heterocycles. The minimum atomic E-state index is 1.17. The Hall–Kier alpha value is 0.660. The normalized spacial score (nSPS) is 10.9. The van der Waals surface area contributed by atoms with E-state index in [0.29, 0.717) is 0 Å². The molecule has 0 unspecified atom stereocenters. The first-order chi connectivity index (χ1) is 7.91. The Labute approximate surface area is 110 Å². The highest BCUT2D eigenvalue weighted by Gasteiger charge is 1.92. The van der Waals surface area contributed by atoms with Crippen molar-refractivity contribution in [1.29, 1.82) is 0 Å². The molecule has 3 heteroatoms. The van der Waals surface area contributed by atoms with Gasteiger partial charge in [-0.25, -0.2) is 0 Å². The fourth-order valence-corrected chi connectivity index (χ4v) is 3.52. The summed E-state index contributed by atoms with van der Waals surface area (Å²) in [4.78, 5) is 0. The highest BCUT2D eigenvalue weighted by Crippen LogP contribution is 2.22. The Morgan fingerprint density at radius 2 is 1.38 bits per heavy atom. The van der Waals surface area contributed by atoms with E-state index in [1.807, 2.05) is 10.8 Å². The van der Waals surface area contributed by atoms with Gasteiger partial charge < -0.3 is 5.32 Å². The zero-order valence-electron chi connectivity index (χ0n) is 11.1. The molecule has 0 fully saturated rings. The van der Waals surface area contributed by atoms with E-state index in [4.69, 9.17) is 0 Å². The van der Waals surface area contributed by atoms with Crippen LogP contribution in [-0.2, 0) is 0 Å². The number of rotatable bonds is 13. The van der Waals surface area contributed by atoms with Crippen molar-refractivity contribution in [2.45, 2.75) is 58.8 Å². The summed E-state index contributed by atoms with van der Waals surface area (Å²) in [5.74, 6) is 2.59. The van der Waals surface area contributed by atoms with Gasteiger partial charge in [-0.3, -0.25) is 0 Å². The summed E-state index contributed by atoms with van der Waals surface area (Å²) in [7, 11) is 4.08. The standard InChI is InChI=1S/C13H29NS2/c1-3-5-7-8-9-12-15-16-13-11-14-10-6-4-2/h14H,3-13H2,1-2H3. The van der Waals surface area contributed by atoms with Crippen LogP contribution < -0.4 is 5.32 Å². The van der Waals surface area contributed by atoms with Crippen LogP contribution >= 0.6 is 21.6 Å². The SMILES string of the molecule is CCCCCCCSSCCNCCCC. The van der Waals surface area contributed by atoms with Crippen LogP contribution in [0.3, 0.4) is 0 Å². The fraction of sp³-hybridized carbons (Fsp3) is 1.00. The van der Waals surface area contributed by atoms with Gasteiger partial charge in [0.2, 0.25) is 0 Å². The van der Waals surface area contributed by atoms with E-state index in [1.165, 1.54) is 69.5 Å². The van der Waals surface area contributed by atoms with Gasteiger partial charge in [-0.05, 0) is 19.4 Å². The predicted octanol–water partition coefficient (Wildman–Crippen LogP) is 4.73. The molecule has 1 nitrogen and oxygen atoms in total. The van der Waals surface area contributed by atoms with Crippen LogP contribution in [-0.4, -0.2) is 24.6 Å². The lowest BCUT2D eigenvalue weighted by molar-refractivity contribution is 0.660. The van der Waals surface area contributed by atoms with Crippen molar-refractivity contribution in [2.75, 3.05) is 24.6 Å². The van der Waals surface area contributed by atoms with Gasteiger partial charge in [-0.15, -0.1) is 0 Å². The first-order valence-electron chi connectivity index (χ1n) is 6.87. The Morgan fingerprint density at radius 1 is 0.688 bits per heavy atom. The van der Waals surface area contributed by atoms with Crippen molar-refractivity contribution in [3.8, 4) is 0 Å². The molecule has 98 valence electrons. The van der Waals surface area contributed by atoms with Crippen LogP contribution in [0.15, 0.2) is 0 Å². The van der Waals surface area contributed by atoms with Gasteiger partial charge in [0, 0.05) is 18.1 Å². The van der Waals surface area contributed by atoms with Crippen molar-refractivity contribution in [3.63, 3.8) is 0 Å². The summed E-state index contributed by atoms with van der Waals surface area (Å²) >= 11 is 0. The van der Waals surface area contributed by atoms with E-state index in [0.717, 1.165) is 0 Å². The number of hydrogen-bond donors (Lipinski definition) is 1. The van der Waals surface area contributed by atoms with Crippen molar-refractivity contribution >= 4 is 21.6 Å². The lowest BCUT2D eigenvalue weighted by Gasteiger charge is -2.03. The summed E-state index contributed by atoms with van der Waals surface area (Å²) in [6, 6.07) is 0. The van der Waals surface area contributed by atoms with E-state index >= 15 is 0 Å². The molecule has 0 heterocycles. The van der Waals surface area contributed by atoms with Gasteiger partial charge in [0.05, 0.1) is 0 Å². The maximum Gasteiger partial charge on any atom is 0.0162 e. The molecule has 0 rings (SSSR count). The summed E-state index contributed by atoms with van der Waals surface area (Å²) in [5.41, 5.74) is 0. The Kier molecular flexibility index (Phi) is 16.3. The first-order valence-corrected chi connectivity index (χ1v) is 9.35. The van der Waals surface area contributed by atoms with Gasteiger partial charge in [-0.1, -0.05) is 67.5 Å². The average molecular weight is 264 g/mol. The topological polar surface area (TPSA) is 12.0 Å². The summed E-state index contributed by atoms with van der Waals surface area (Å²) < 4.78 is 0. The second kappa shape index (κ2) is 15.7. The largest absolute Gasteiger partial charge is 0.316 e. The van der Waals surface area contributed by atoms with Crippen molar-refractivity contribution in [1.82, 2.24) is 5.32 Å². The zero-order valence-corrected chi connectivity index (χ0v) is 12.7. The predicted molar refractivity (Wildman–Crippen MR) is 81.5 cm³/mol. The minimum Gasteiger partial charge on any atom is -0.316 e. The molecule has 16 heavy (non-hydrogen) atoms. The van der Waals surface area contributed by atoms with E-state index in [9.17, 15) is 0 Å². The summed E-state index contributed by atoms with van der Waals surface area (Å²) in [6.07, 6.45) is 9.64. The van der Waals surface area contributed by atoms with Crippen molar-refractivity contribution in [2.24, 2.45) is 0 Å². The molecule has 1 N–H and O–H groups in total. The van der Waals surface area contributed by atoms with Gasteiger partial charge >= 0.3 is 0 Å². The molecule has 0 aromatic rings. The molecule has 0 aromatic heterocycles. The molecule has 0 spiro atoms. The van der Waals surface area contributed by atoms with Crippen LogP contribution in [0.2, 0.25) is 0 Å². The number of nitrogens with one attached hydrogen (secondary N) is 1. The highest BCUT2D eigenvalue weighted by atomic mass is 33.1. The van der Waals surface area contributed by atoms with E-state index < -0.39 is 0 Å². The molecule has 0 aliphatic rings. The molecule has 0 saturated carbocycles. The Balaban J connectivity index is 2.83. The molecule has 0 aliphatic carbocycles. The van der Waals surface area contributed by atoms with E-state index in [2.05, 4.69) is 30.0 Å². The maximum absolute atomic E-state index is 3.47. The van der Waals surface area contributed by atoms with Crippen LogP contribution in [0, 0.1) is 0 Å². The van der Waals surface area contributed by atoms with E-state index in [1.54, 1.807) is 0 Å². The Morgan fingerprint density at radius 3 is 2.12 bits per heavy atom. The summed E-state index contributed by atoms with van der Waals surface area (Å²) in [6.45, 7) is 6.88. The highest BCUT2D eigenvalue weighted by molar-refractivity contribution is 8.76. The van der Waals surface area contributed by atoms with Crippen LogP contribution in [0.25, 0.3) is 0 Å². The van der Waals surface area contributed by atoms with Crippen LogP contribution in [0.4, 0.5) is 0 Å². The molecular weight excluding hydrogens is 234 g/mol.